The van der Waals surface area contributed by atoms with Crippen molar-refractivity contribution in [3.05, 3.63) is 52.5 Å². The van der Waals surface area contributed by atoms with E-state index in [-0.39, 0.29) is 41.8 Å². The molecule has 1 aromatic heterocycles. The molecule has 9 heteroatoms. The lowest BCUT2D eigenvalue weighted by molar-refractivity contribution is -0.140. The van der Waals surface area contributed by atoms with Gasteiger partial charge in [0, 0.05) is 54.8 Å². The van der Waals surface area contributed by atoms with Crippen molar-refractivity contribution in [2.45, 2.75) is 49.7 Å². The van der Waals surface area contributed by atoms with Crippen LogP contribution in [0.25, 0.3) is 10.9 Å². The third-order valence-corrected chi connectivity index (χ3v) is 8.58. The van der Waals surface area contributed by atoms with Crippen molar-refractivity contribution in [1.29, 1.82) is 0 Å². The average Bonchev–Trinajstić information content (AvgIpc) is 3.73. The molecular weight excluding hydrogens is 469 g/mol. The number of rotatable bonds is 5. The molecule has 1 spiro atoms. The van der Waals surface area contributed by atoms with E-state index in [4.69, 9.17) is 11.6 Å². The number of benzene rings is 1. The quantitative estimate of drug-likeness (QED) is 0.663. The van der Waals surface area contributed by atoms with Gasteiger partial charge in [-0.05, 0) is 43.4 Å². The number of aromatic nitrogens is 2. The molecule has 7 nitrogen and oxygen atoms in total. The van der Waals surface area contributed by atoms with Crippen LogP contribution in [0.1, 0.15) is 43.6 Å². The highest BCUT2D eigenvalue weighted by atomic mass is 35.5. The van der Waals surface area contributed by atoms with E-state index in [1.807, 2.05) is 34.1 Å². The Hall–Kier alpha value is -2.71. The molecule has 7 rings (SSSR count). The fourth-order valence-corrected chi connectivity index (χ4v) is 6.12. The van der Waals surface area contributed by atoms with Crippen LogP contribution in [0.3, 0.4) is 0 Å². The molecule has 182 valence electrons. The molecule has 2 aromatic rings. The van der Waals surface area contributed by atoms with Crippen LogP contribution in [0.2, 0.25) is 5.02 Å². The largest absolute Gasteiger partial charge is 0.342 e. The first-order valence-electron chi connectivity index (χ1n) is 12.5. The van der Waals surface area contributed by atoms with E-state index in [1.165, 1.54) is 0 Å². The van der Waals surface area contributed by atoms with Crippen molar-refractivity contribution >= 4 is 34.3 Å². The number of amides is 2. The van der Waals surface area contributed by atoms with Gasteiger partial charge in [0.2, 0.25) is 11.8 Å². The Morgan fingerprint density at radius 1 is 1.26 bits per heavy atom. The minimum Gasteiger partial charge on any atom is -0.342 e. The molecule has 5 aliphatic rings. The van der Waals surface area contributed by atoms with Crippen molar-refractivity contribution in [1.82, 2.24) is 25.3 Å². The number of H-pyrrole nitrogens is 1. The Bertz CT molecular complexity index is 1300. The minimum absolute atomic E-state index is 0.0711. The number of hydrogen-bond donors (Lipinski definition) is 2. The molecule has 0 bridgehead atoms. The maximum absolute atomic E-state index is 15.6. The maximum atomic E-state index is 15.6. The van der Waals surface area contributed by atoms with E-state index in [1.54, 1.807) is 6.20 Å². The van der Waals surface area contributed by atoms with Crippen LogP contribution in [0, 0.1) is 11.8 Å². The molecule has 3 aliphatic carbocycles. The van der Waals surface area contributed by atoms with Gasteiger partial charge in [-0.2, -0.15) is 5.10 Å². The van der Waals surface area contributed by atoms with Crippen molar-refractivity contribution < 1.29 is 14.0 Å². The van der Waals surface area contributed by atoms with E-state index in [0.717, 1.165) is 42.1 Å². The standard InChI is InChI=1S/C26H27ClFN5O2/c27-20-7-17(9-22-19(20)10-29-31-22)16-3-4-18(21(28)8-16)23-30-26(5-6-26)25(35)33(23)13-14-11-32(12-14)24(34)15-1-2-15/h3-4,7,9-10,14-16,23,30H,1-2,5-6,8,11-13H2,(H,29,31). The molecule has 35 heavy (non-hydrogen) atoms. The van der Waals surface area contributed by atoms with Gasteiger partial charge in [0.1, 0.15) is 17.5 Å². The molecule has 3 heterocycles. The van der Waals surface area contributed by atoms with Gasteiger partial charge in [0.05, 0.1) is 16.7 Å². The van der Waals surface area contributed by atoms with Crippen LogP contribution >= 0.6 is 11.6 Å². The molecule has 2 unspecified atom stereocenters. The third kappa shape index (κ3) is 3.52. The van der Waals surface area contributed by atoms with Crippen molar-refractivity contribution in [3.63, 3.8) is 0 Å². The van der Waals surface area contributed by atoms with Crippen LogP contribution in [0.15, 0.2) is 41.9 Å². The lowest BCUT2D eigenvalue weighted by Gasteiger charge is -2.42. The van der Waals surface area contributed by atoms with Crippen molar-refractivity contribution in [2.75, 3.05) is 19.6 Å². The summed E-state index contributed by atoms with van der Waals surface area (Å²) in [4.78, 5) is 29.3. The summed E-state index contributed by atoms with van der Waals surface area (Å²) < 4.78 is 15.6. The number of allylic oxidation sites excluding steroid dienone is 2. The lowest BCUT2D eigenvalue weighted by Crippen LogP contribution is -2.56. The zero-order valence-electron chi connectivity index (χ0n) is 19.3. The Balaban J connectivity index is 1.09. The van der Waals surface area contributed by atoms with E-state index in [2.05, 4.69) is 15.5 Å². The Morgan fingerprint density at radius 2 is 2.06 bits per heavy atom. The normalized spacial score (nSPS) is 27.9. The van der Waals surface area contributed by atoms with Gasteiger partial charge in [0.25, 0.3) is 0 Å². The maximum Gasteiger partial charge on any atom is 0.244 e. The summed E-state index contributed by atoms with van der Waals surface area (Å²) >= 11 is 6.41. The first-order chi connectivity index (χ1) is 16.9. The van der Waals surface area contributed by atoms with Gasteiger partial charge < -0.3 is 9.80 Å². The van der Waals surface area contributed by atoms with Gasteiger partial charge in [-0.15, -0.1) is 0 Å². The minimum atomic E-state index is -0.533. The van der Waals surface area contributed by atoms with Crippen LogP contribution in [0.4, 0.5) is 4.39 Å². The van der Waals surface area contributed by atoms with Crippen LogP contribution in [-0.2, 0) is 9.59 Å². The zero-order valence-corrected chi connectivity index (χ0v) is 20.0. The second kappa shape index (κ2) is 7.64. The van der Waals surface area contributed by atoms with Crippen LogP contribution in [0.5, 0.6) is 0 Å². The summed E-state index contributed by atoms with van der Waals surface area (Å²) in [6, 6.07) is 3.84. The summed E-state index contributed by atoms with van der Waals surface area (Å²) in [5, 5.41) is 11.9. The van der Waals surface area contributed by atoms with Gasteiger partial charge in [-0.25, -0.2) is 4.39 Å². The summed E-state index contributed by atoms with van der Waals surface area (Å²) in [5.74, 6) is 0.445. The molecule has 2 N–H and O–H groups in total. The van der Waals surface area contributed by atoms with Crippen molar-refractivity contribution in [2.24, 2.45) is 11.8 Å². The number of carbonyl (C=O) groups excluding carboxylic acids is 2. The number of fused-ring (bicyclic) bond motifs is 1. The van der Waals surface area contributed by atoms with Gasteiger partial charge in [-0.1, -0.05) is 23.8 Å². The predicted octanol–water partition coefficient (Wildman–Crippen LogP) is 3.64. The third-order valence-electron chi connectivity index (χ3n) is 8.27. The number of nitrogens with zero attached hydrogens (tertiary/aromatic N) is 3. The highest BCUT2D eigenvalue weighted by Crippen LogP contribution is 2.46. The summed E-state index contributed by atoms with van der Waals surface area (Å²) in [6.07, 6.45) is 8.87. The van der Waals surface area contributed by atoms with E-state index < -0.39 is 11.7 Å². The molecule has 2 atom stereocenters. The Morgan fingerprint density at radius 3 is 2.77 bits per heavy atom. The van der Waals surface area contributed by atoms with Gasteiger partial charge in [-0.3, -0.25) is 20.0 Å². The SMILES string of the molecule is O=C(C1CC1)N1CC(CN2C(=O)C3(CC3)NC2C2=C(F)CC(c3cc(Cl)c4cn[nH]c4c3)C=C2)C1. The molecule has 2 aliphatic heterocycles. The van der Waals surface area contributed by atoms with Crippen LogP contribution < -0.4 is 5.32 Å². The van der Waals surface area contributed by atoms with Gasteiger partial charge in [0.15, 0.2) is 0 Å². The monoisotopic (exact) mass is 495 g/mol. The number of aromatic amines is 1. The second-order valence-electron chi connectivity index (χ2n) is 10.8. The average molecular weight is 496 g/mol. The number of halogens is 2. The van der Waals surface area contributed by atoms with Crippen LogP contribution in [-0.4, -0.2) is 63.2 Å². The first kappa shape index (κ1) is 21.6. The number of nitrogens with one attached hydrogen (secondary N) is 2. The summed E-state index contributed by atoms with van der Waals surface area (Å²) in [5.41, 5.74) is 1.76. The second-order valence-corrected chi connectivity index (χ2v) is 11.2. The lowest BCUT2D eigenvalue weighted by atomic mass is 9.88. The fourth-order valence-electron chi connectivity index (χ4n) is 5.84. The fraction of sp³-hybridized carbons (Fsp3) is 0.500. The Labute approximate surface area is 207 Å². The molecule has 4 fully saturated rings. The Kier molecular flexibility index (Phi) is 4.71. The van der Waals surface area contributed by atoms with E-state index in [0.29, 0.717) is 30.2 Å². The highest BCUT2D eigenvalue weighted by Gasteiger charge is 2.60. The van der Waals surface area contributed by atoms with Crippen molar-refractivity contribution in [3.8, 4) is 0 Å². The number of likely N-dealkylation sites (tertiary alicyclic amines) is 1. The molecule has 0 radical (unpaired) electrons. The molecule has 2 saturated carbocycles. The number of hydrogen-bond acceptors (Lipinski definition) is 4. The molecular formula is C26H27ClFN5O2. The summed E-state index contributed by atoms with van der Waals surface area (Å²) in [6.45, 7) is 1.93. The zero-order chi connectivity index (χ0) is 23.9. The topological polar surface area (TPSA) is 81.3 Å². The molecule has 2 amide bonds. The predicted molar refractivity (Wildman–Crippen MR) is 129 cm³/mol. The molecule has 2 saturated heterocycles. The van der Waals surface area contributed by atoms with E-state index in [9.17, 15) is 9.59 Å². The first-order valence-corrected chi connectivity index (χ1v) is 12.9. The summed E-state index contributed by atoms with van der Waals surface area (Å²) in [7, 11) is 0. The highest BCUT2D eigenvalue weighted by molar-refractivity contribution is 6.35. The number of carbonyl (C=O) groups is 2. The smallest absolute Gasteiger partial charge is 0.244 e. The molecule has 1 aromatic carbocycles. The van der Waals surface area contributed by atoms with Gasteiger partial charge >= 0.3 is 0 Å². The van der Waals surface area contributed by atoms with E-state index >= 15 is 4.39 Å².